The number of H-pyrrole nitrogens is 1. The number of aromatic nitrogens is 5. The zero-order valence-corrected chi connectivity index (χ0v) is 16.5. The van der Waals surface area contributed by atoms with Gasteiger partial charge in [-0.1, -0.05) is 0 Å². The minimum atomic E-state index is -0.309. The van der Waals surface area contributed by atoms with Crippen LogP contribution < -0.4 is 4.90 Å². The van der Waals surface area contributed by atoms with Crippen LogP contribution in [0.2, 0.25) is 0 Å². The SMILES string of the molecule is O[C@@H]1CCN(c2nc(-c3n[nH]c4cnc(-c5cccnc5)cc34)ccc2Br)C1. The lowest BCUT2D eigenvalue weighted by Crippen LogP contribution is -2.22. The maximum atomic E-state index is 9.87. The van der Waals surface area contributed by atoms with Crippen molar-refractivity contribution in [3.63, 3.8) is 0 Å². The second-order valence-electron chi connectivity index (χ2n) is 6.82. The van der Waals surface area contributed by atoms with Gasteiger partial charge in [-0.3, -0.25) is 15.1 Å². The van der Waals surface area contributed by atoms with Crippen LogP contribution in [-0.2, 0) is 0 Å². The molecule has 4 aromatic rings. The Kier molecular flexibility index (Phi) is 4.29. The Morgan fingerprint density at radius 1 is 1.18 bits per heavy atom. The molecule has 1 atom stereocenters. The molecule has 1 aliphatic heterocycles. The van der Waals surface area contributed by atoms with Gasteiger partial charge in [0, 0.05) is 36.4 Å². The van der Waals surface area contributed by atoms with Crippen LogP contribution in [0.5, 0.6) is 0 Å². The summed E-state index contributed by atoms with van der Waals surface area (Å²) >= 11 is 3.58. The van der Waals surface area contributed by atoms with Gasteiger partial charge in [-0.2, -0.15) is 5.10 Å². The van der Waals surface area contributed by atoms with Crippen molar-refractivity contribution in [1.82, 2.24) is 25.1 Å². The third kappa shape index (κ3) is 3.04. The highest BCUT2D eigenvalue weighted by molar-refractivity contribution is 9.10. The molecule has 8 heteroatoms. The number of halogens is 1. The average molecular weight is 437 g/mol. The number of β-amino-alcohol motifs (C(OH)–C–C–N with tert-alkyl or cyclic N) is 1. The van der Waals surface area contributed by atoms with Crippen molar-refractivity contribution < 1.29 is 5.11 Å². The van der Waals surface area contributed by atoms with Crippen LogP contribution in [0.3, 0.4) is 0 Å². The molecule has 1 fully saturated rings. The zero-order chi connectivity index (χ0) is 19.1. The summed E-state index contributed by atoms with van der Waals surface area (Å²) in [5, 5.41) is 18.4. The van der Waals surface area contributed by atoms with Gasteiger partial charge in [0.05, 0.1) is 33.7 Å². The number of aliphatic hydroxyl groups is 1. The third-order valence-electron chi connectivity index (χ3n) is 4.94. The summed E-state index contributed by atoms with van der Waals surface area (Å²) in [6.07, 6.45) is 5.77. The standard InChI is InChI=1S/C20H17BrN6O/c21-15-3-4-16(24-20(15)27-7-5-13(28)11-27)19-14-8-17(12-2-1-6-22-9-12)23-10-18(14)25-26-19/h1-4,6,8-10,13,28H,5,7,11H2,(H,25,26)/t13-/m1/s1. The van der Waals surface area contributed by atoms with Gasteiger partial charge in [0.2, 0.25) is 0 Å². The Hall–Kier alpha value is -2.84. The summed E-state index contributed by atoms with van der Waals surface area (Å²) in [6, 6.07) is 9.81. The Balaban J connectivity index is 1.59. The summed E-state index contributed by atoms with van der Waals surface area (Å²) in [4.78, 5) is 15.6. The van der Waals surface area contributed by atoms with Crippen LogP contribution in [0.1, 0.15) is 6.42 Å². The number of hydrogen-bond donors (Lipinski definition) is 2. The monoisotopic (exact) mass is 436 g/mol. The quantitative estimate of drug-likeness (QED) is 0.511. The van der Waals surface area contributed by atoms with Crippen molar-refractivity contribution in [2.24, 2.45) is 0 Å². The van der Waals surface area contributed by atoms with E-state index in [-0.39, 0.29) is 6.10 Å². The van der Waals surface area contributed by atoms with Gasteiger partial charge in [-0.15, -0.1) is 0 Å². The molecule has 0 unspecified atom stereocenters. The van der Waals surface area contributed by atoms with Crippen LogP contribution in [0.15, 0.2) is 53.4 Å². The number of nitrogens with one attached hydrogen (secondary N) is 1. The first-order chi connectivity index (χ1) is 13.7. The molecule has 0 aliphatic carbocycles. The fourth-order valence-corrected chi connectivity index (χ4v) is 3.97. The Morgan fingerprint density at radius 2 is 2.11 bits per heavy atom. The highest BCUT2D eigenvalue weighted by Gasteiger charge is 2.24. The molecule has 28 heavy (non-hydrogen) atoms. The van der Waals surface area contributed by atoms with E-state index in [2.05, 4.69) is 41.0 Å². The highest BCUT2D eigenvalue weighted by atomic mass is 79.9. The number of fused-ring (bicyclic) bond motifs is 1. The maximum Gasteiger partial charge on any atom is 0.143 e. The summed E-state index contributed by atoms with van der Waals surface area (Å²) in [7, 11) is 0. The molecule has 5 heterocycles. The van der Waals surface area contributed by atoms with E-state index in [1.807, 2.05) is 30.3 Å². The minimum absolute atomic E-state index is 0.309. The predicted molar refractivity (Wildman–Crippen MR) is 111 cm³/mol. The molecule has 7 nitrogen and oxygen atoms in total. The second kappa shape index (κ2) is 6.96. The smallest absolute Gasteiger partial charge is 0.143 e. The fraction of sp³-hybridized carbons (Fsp3) is 0.200. The van der Waals surface area contributed by atoms with Gasteiger partial charge < -0.3 is 10.0 Å². The molecule has 0 bridgehead atoms. The normalized spacial score (nSPS) is 16.8. The van der Waals surface area contributed by atoms with Gasteiger partial charge >= 0.3 is 0 Å². The molecule has 0 aromatic carbocycles. The van der Waals surface area contributed by atoms with E-state index >= 15 is 0 Å². The molecule has 2 N–H and O–H groups in total. The Bertz CT molecular complexity index is 1150. The third-order valence-corrected chi connectivity index (χ3v) is 5.56. The van der Waals surface area contributed by atoms with E-state index < -0.39 is 0 Å². The first kappa shape index (κ1) is 17.3. The Morgan fingerprint density at radius 3 is 2.89 bits per heavy atom. The number of rotatable bonds is 3. The maximum absolute atomic E-state index is 9.87. The van der Waals surface area contributed by atoms with E-state index in [1.165, 1.54) is 0 Å². The molecule has 0 saturated carbocycles. The lowest BCUT2D eigenvalue weighted by molar-refractivity contribution is 0.198. The Labute approximate surface area is 169 Å². The minimum Gasteiger partial charge on any atom is -0.391 e. The highest BCUT2D eigenvalue weighted by Crippen LogP contribution is 2.33. The van der Waals surface area contributed by atoms with E-state index in [9.17, 15) is 5.11 Å². The molecular formula is C20H17BrN6O. The summed E-state index contributed by atoms with van der Waals surface area (Å²) in [5.74, 6) is 0.826. The van der Waals surface area contributed by atoms with Crippen molar-refractivity contribution in [3.8, 4) is 22.6 Å². The molecule has 4 aromatic heterocycles. The van der Waals surface area contributed by atoms with Crippen LogP contribution in [0.25, 0.3) is 33.5 Å². The lowest BCUT2D eigenvalue weighted by atomic mass is 10.1. The second-order valence-corrected chi connectivity index (χ2v) is 7.67. The van der Waals surface area contributed by atoms with Gasteiger partial charge in [0.25, 0.3) is 0 Å². The number of hydrogen-bond acceptors (Lipinski definition) is 6. The molecule has 140 valence electrons. The molecule has 0 amide bonds. The molecule has 1 aliphatic rings. The van der Waals surface area contributed by atoms with Crippen LogP contribution in [-0.4, -0.2) is 49.4 Å². The van der Waals surface area contributed by atoms with E-state index in [1.54, 1.807) is 18.6 Å². The van der Waals surface area contributed by atoms with Crippen molar-refractivity contribution in [2.75, 3.05) is 18.0 Å². The zero-order valence-electron chi connectivity index (χ0n) is 14.9. The molecule has 1 saturated heterocycles. The van der Waals surface area contributed by atoms with E-state index in [0.717, 1.165) is 56.8 Å². The van der Waals surface area contributed by atoms with Gasteiger partial charge in [-0.05, 0) is 52.7 Å². The number of anilines is 1. The van der Waals surface area contributed by atoms with Crippen LogP contribution >= 0.6 is 15.9 Å². The number of pyridine rings is 3. The van der Waals surface area contributed by atoms with Crippen molar-refractivity contribution in [2.45, 2.75) is 12.5 Å². The summed E-state index contributed by atoms with van der Waals surface area (Å²) in [5.41, 5.74) is 4.19. The van der Waals surface area contributed by atoms with Gasteiger partial charge in [0.15, 0.2) is 0 Å². The molecule has 0 radical (unpaired) electrons. The van der Waals surface area contributed by atoms with Gasteiger partial charge in [0.1, 0.15) is 11.5 Å². The average Bonchev–Trinajstić information content (AvgIpc) is 3.35. The number of nitrogens with zero attached hydrogens (tertiary/aromatic N) is 5. The van der Waals surface area contributed by atoms with E-state index in [0.29, 0.717) is 6.54 Å². The number of aliphatic hydroxyl groups excluding tert-OH is 1. The predicted octanol–water partition coefficient (Wildman–Crippen LogP) is 3.42. The van der Waals surface area contributed by atoms with Crippen molar-refractivity contribution >= 4 is 32.7 Å². The van der Waals surface area contributed by atoms with Crippen LogP contribution in [0.4, 0.5) is 5.82 Å². The molecule has 0 spiro atoms. The van der Waals surface area contributed by atoms with Crippen molar-refractivity contribution in [3.05, 3.63) is 53.4 Å². The largest absolute Gasteiger partial charge is 0.391 e. The van der Waals surface area contributed by atoms with Gasteiger partial charge in [-0.25, -0.2) is 4.98 Å². The van der Waals surface area contributed by atoms with E-state index in [4.69, 9.17) is 4.98 Å². The lowest BCUT2D eigenvalue weighted by Gasteiger charge is -2.18. The van der Waals surface area contributed by atoms with Crippen molar-refractivity contribution in [1.29, 1.82) is 0 Å². The topological polar surface area (TPSA) is 90.8 Å². The first-order valence-corrected chi connectivity index (χ1v) is 9.83. The molecule has 5 rings (SSSR count). The van der Waals surface area contributed by atoms with Crippen LogP contribution in [0, 0.1) is 0 Å². The molecular weight excluding hydrogens is 420 g/mol. The summed E-state index contributed by atoms with van der Waals surface area (Å²) in [6.45, 7) is 1.37. The first-order valence-electron chi connectivity index (χ1n) is 9.03. The number of aromatic amines is 1. The summed E-state index contributed by atoms with van der Waals surface area (Å²) < 4.78 is 0.905. The fourth-order valence-electron chi connectivity index (χ4n) is 3.50.